The van der Waals surface area contributed by atoms with E-state index in [2.05, 4.69) is 38.4 Å². The van der Waals surface area contributed by atoms with E-state index in [4.69, 9.17) is 4.74 Å². The molecule has 5 fully saturated rings. The van der Waals surface area contributed by atoms with Gasteiger partial charge in [-0.05, 0) is 105 Å². The van der Waals surface area contributed by atoms with Crippen LogP contribution in [0.5, 0.6) is 5.75 Å². The minimum Gasteiger partial charge on any atom is -0.491 e. The Bertz CT molecular complexity index is 684. The summed E-state index contributed by atoms with van der Waals surface area (Å²) in [5, 5.41) is 10.6. The van der Waals surface area contributed by atoms with Crippen molar-refractivity contribution in [1.29, 1.82) is 0 Å². The van der Waals surface area contributed by atoms with Crippen LogP contribution in [0.15, 0.2) is 24.3 Å². The molecule has 0 amide bonds. The molecule has 5 aliphatic rings. The Hall–Kier alpha value is -1.06. The number of quaternary nitrogens is 1. The lowest BCUT2D eigenvalue weighted by atomic mass is 9.48. The van der Waals surface area contributed by atoms with Crippen molar-refractivity contribution in [2.24, 2.45) is 17.8 Å². The van der Waals surface area contributed by atoms with Crippen LogP contribution in [0, 0.1) is 17.8 Å². The Morgan fingerprint density at radius 2 is 1.50 bits per heavy atom. The van der Waals surface area contributed by atoms with Crippen LogP contribution in [0.1, 0.15) is 76.2 Å². The van der Waals surface area contributed by atoms with Gasteiger partial charge in [0.05, 0.1) is 20.1 Å². The summed E-state index contributed by atoms with van der Waals surface area (Å²) in [7, 11) is 4.55. The highest BCUT2D eigenvalue weighted by molar-refractivity contribution is 5.34. The molecular weight excluding hydrogens is 370 g/mol. The number of ether oxygens (including phenoxy) is 1. The molecule has 1 unspecified atom stereocenters. The SMILES string of the molecule is C[N+](C)(CC(O)COc1ccc(C23CC4CC(CC(C4)C2)C3)cc1)C1CCCCC1. The van der Waals surface area contributed by atoms with Crippen LogP contribution < -0.4 is 4.74 Å². The van der Waals surface area contributed by atoms with Gasteiger partial charge in [-0.25, -0.2) is 0 Å². The number of benzene rings is 1. The number of rotatable bonds is 7. The molecule has 30 heavy (non-hydrogen) atoms. The lowest BCUT2D eigenvalue weighted by molar-refractivity contribution is -0.919. The summed E-state index contributed by atoms with van der Waals surface area (Å²) in [6.07, 6.45) is 15.0. The van der Waals surface area contributed by atoms with Crippen molar-refractivity contribution >= 4 is 0 Å². The van der Waals surface area contributed by atoms with Gasteiger partial charge in [0.2, 0.25) is 0 Å². The first-order valence-corrected chi connectivity index (χ1v) is 12.7. The lowest BCUT2D eigenvalue weighted by Gasteiger charge is -2.57. The minimum atomic E-state index is -0.412. The van der Waals surface area contributed by atoms with E-state index < -0.39 is 6.10 Å². The standard InChI is InChI=1S/C27H42NO2/c1-28(2,24-6-4-3-5-7-24)18-25(29)19-30-26-10-8-23(9-11-26)27-15-20-12-21(16-27)14-22(13-20)17-27/h8-11,20-22,24-25,29H,3-7,12-19H2,1-2H3/q+1. The maximum absolute atomic E-state index is 10.6. The van der Waals surface area contributed by atoms with Crippen molar-refractivity contribution in [3.63, 3.8) is 0 Å². The molecule has 3 heteroatoms. The van der Waals surface area contributed by atoms with Crippen LogP contribution in [-0.4, -0.2) is 49.0 Å². The molecule has 0 aromatic heterocycles. The van der Waals surface area contributed by atoms with Gasteiger partial charge < -0.3 is 14.3 Å². The minimum absolute atomic E-state index is 0.394. The molecule has 1 aromatic carbocycles. The van der Waals surface area contributed by atoms with Crippen LogP contribution in [-0.2, 0) is 5.41 Å². The first kappa shape index (κ1) is 20.8. The Balaban J connectivity index is 1.16. The summed E-state index contributed by atoms with van der Waals surface area (Å²) in [6, 6.07) is 9.66. The Morgan fingerprint density at radius 3 is 2.07 bits per heavy atom. The predicted molar refractivity (Wildman–Crippen MR) is 122 cm³/mol. The molecule has 6 rings (SSSR count). The summed E-state index contributed by atoms with van der Waals surface area (Å²) < 4.78 is 6.93. The van der Waals surface area contributed by atoms with Crippen LogP contribution in [0.25, 0.3) is 0 Å². The third kappa shape index (κ3) is 4.17. The van der Waals surface area contributed by atoms with E-state index in [-0.39, 0.29) is 0 Å². The van der Waals surface area contributed by atoms with Crippen molar-refractivity contribution in [3.05, 3.63) is 29.8 Å². The quantitative estimate of drug-likeness (QED) is 0.616. The number of hydrogen-bond acceptors (Lipinski definition) is 2. The molecule has 0 heterocycles. The number of nitrogens with zero attached hydrogens (tertiary/aromatic N) is 1. The average molecular weight is 413 g/mol. The predicted octanol–water partition coefficient (Wildman–Crippen LogP) is 5.30. The third-order valence-electron chi connectivity index (χ3n) is 9.19. The van der Waals surface area contributed by atoms with Crippen molar-refractivity contribution in [3.8, 4) is 5.75 Å². The lowest BCUT2D eigenvalue weighted by Crippen LogP contribution is -2.54. The fourth-order valence-corrected chi connectivity index (χ4v) is 8.09. The van der Waals surface area contributed by atoms with Crippen molar-refractivity contribution in [2.45, 2.75) is 88.2 Å². The van der Waals surface area contributed by atoms with Crippen LogP contribution >= 0.6 is 0 Å². The van der Waals surface area contributed by atoms with E-state index in [9.17, 15) is 5.11 Å². The van der Waals surface area contributed by atoms with Crippen molar-refractivity contribution in [2.75, 3.05) is 27.2 Å². The fraction of sp³-hybridized carbons (Fsp3) is 0.778. The number of aliphatic hydroxyl groups excluding tert-OH is 1. The highest BCUT2D eigenvalue weighted by Crippen LogP contribution is 2.60. The number of hydrogen-bond donors (Lipinski definition) is 1. The summed E-state index contributed by atoms with van der Waals surface area (Å²) in [4.78, 5) is 0. The van der Waals surface area contributed by atoms with E-state index in [0.717, 1.165) is 34.5 Å². The van der Waals surface area contributed by atoms with Gasteiger partial charge in [0.15, 0.2) is 0 Å². The molecule has 4 bridgehead atoms. The van der Waals surface area contributed by atoms with Gasteiger partial charge in [0.1, 0.15) is 25.0 Å². The van der Waals surface area contributed by atoms with Gasteiger partial charge in [0, 0.05) is 0 Å². The highest BCUT2D eigenvalue weighted by Gasteiger charge is 2.51. The van der Waals surface area contributed by atoms with Crippen LogP contribution in [0.3, 0.4) is 0 Å². The zero-order valence-corrected chi connectivity index (χ0v) is 19.2. The van der Waals surface area contributed by atoms with Crippen LogP contribution in [0.2, 0.25) is 0 Å². The molecule has 3 nitrogen and oxygen atoms in total. The second kappa shape index (κ2) is 8.13. The maximum Gasteiger partial charge on any atom is 0.137 e. The zero-order chi connectivity index (χ0) is 20.8. The molecule has 1 aromatic rings. The Labute approximate surface area is 183 Å². The molecule has 5 saturated carbocycles. The molecule has 0 radical (unpaired) electrons. The first-order chi connectivity index (χ1) is 14.4. The van der Waals surface area contributed by atoms with E-state index in [1.165, 1.54) is 70.6 Å². The second-order valence-electron chi connectivity index (χ2n) is 11.9. The highest BCUT2D eigenvalue weighted by atomic mass is 16.5. The summed E-state index contributed by atoms with van der Waals surface area (Å²) in [6.45, 7) is 1.17. The molecule has 166 valence electrons. The zero-order valence-electron chi connectivity index (χ0n) is 19.2. The first-order valence-electron chi connectivity index (χ1n) is 12.7. The Kier molecular flexibility index (Phi) is 5.64. The van der Waals surface area contributed by atoms with Crippen molar-refractivity contribution < 1.29 is 14.3 Å². The monoisotopic (exact) mass is 412 g/mol. The molecule has 0 aliphatic heterocycles. The molecule has 0 spiro atoms. The average Bonchev–Trinajstić information content (AvgIpc) is 2.72. The molecule has 5 aliphatic carbocycles. The van der Waals surface area contributed by atoms with Gasteiger partial charge in [-0.1, -0.05) is 18.6 Å². The van der Waals surface area contributed by atoms with E-state index >= 15 is 0 Å². The van der Waals surface area contributed by atoms with E-state index in [1.807, 2.05) is 0 Å². The van der Waals surface area contributed by atoms with E-state index in [1.54, 1.807) is 5.56 Å². The van der Waals surface area contributed by atoms with Gasteiger partial charge >= 0.3 is 0 Å². The van der Waals surface area contributed by atoms with Crippen molar-refractivity contribution in [1.82, 2.24) is 0 Å². The summed E-state index contributed by atoms with van der Waals surface area (Å²) in [5.74, 6) is 3.85. The molecule has 1 atom stereocenters. The Morgan fingerprint density at radius 1 is 0.933 bits per heavy atom. The molecular formula is C27H42NO2+. The normalized spacial score (nSPS) is 34.8. The second-order valence-corrected chi connectivity index (χ2v) is 11.9. The molecule has 0 saturated heterocycles. The third-order valence-corrected chi connectivity index (χ3v) is 9.19. The summed E-state index contributed by atoms with van der Waals surface area (Å²) >= 11 is 0. The van der Waals surface area contributed by atoms with E-state index in [0.29, 0.717) is 18.1 Å². The van der Waals surface area contributed by atoms with Gasteiger partial charge in [0.25, 0.3) is 0 Å². The number of aliphatic hydroxyl groups is 1. The largest absolute Gasteiger partial charge is 0.491 e. The summed E-state index contributed by atoms with van der Waals surface area (Å²) in [5.41, 5.74) is 2.00. The van der Waals surface area contributed by atoms with Gasteiger partial charge in [-0.3, -0.25) is 0 Å². The molecule has 1 N–H and O–H groups in total. The maximum atomic E-state index is 10.6. The fourth-order valence-electron chi connectivity index (χ4n) is 8.09. The van der Waals surface area contributed by atoms with Crippen LogP contribution in [0.4, 0.5) is 0 Å². The topological polar surface area (TPSA) is 29.5 Å². The van der Waals surface area contributed by atoms with Gasteiger partial charge in [-0.2, -0.15) is 0 Å². The smallest absolute Gasteiger partial charge is 0.137 e. The number of likely N-dealkylation sites (N-methyl/N-ethyl adjacent to an activating group) is 1. The van der Waals surface area contributed by atoms with Gasteiger partial charge in [-0.15, -0.1) is 0 Å².